The molecule has 8 heteroatoms. The van der Waals surface area contributed by atoms with Gasteiger partial charge >= 0.3 is 0 Å². The van der Waals surface area contributed by atoms with Crippen molar-refractivity contribution in [2.24, 2.45) is 5.92 Å². The lowest BCUT2D eigenvalue weighted by molar-refractivity contribution is -0.384. The molecule has 0 atom stereocenters. The Morgan fingerprint density at radius 2 is 1.90 bits per heavy atom. The summed E-state index contributed by atoms with van der Waals surface area (Å²) in [5.41, 5.74) is 2.37. The van der Waals surface area contributed by atoms with Crippen LogP contribution in [0.4, 0.5) is 11.5 Å². The van der Waals surface area contributed by atoms with Crippen molar-refractivity contribution in [3.8, 4) is 0 Å². The number of anilines is 1. The van der Waals surface area contributed by atoms with Gasteiger partial charge in [-0.2, -0.15) is 4.68 Å². The van der Waals surface area contributed by atoms with Crippen LogP contribution in [0, 0.1) is 26.9 Å². The average molecular weight is 388 g/mol. The van der Waals surface area contributed by atoms with Crippen molar-refractivity contribution < 1.29 is 4.92 Å². The van der Waals surface area contributed by atoms with E-state index in [9.17, 15) is 10.1 Å². The monoisotopic (exact) mass is 388 g/mol. The second-order valence-electron chi connectivity index (χ2n) is 7.67. The highest BCUT2D eigenvalue weighted by Crippen LogP contribution is 2.32. The normalized spacial score (nSPS) is 15.9. The molecular weight excluding hydrogens is 368 g/mol. The van der Waals surface area contributed by atoms with Crippen molar-refractivity contribution in [3.05, 3.63) is 69.2 Å². The minimum Gasteiger partial charge on any atom is -0.350 e. The number of nitro groups is 1. The predicted molar refractivity (Wildman–Crippen MR) is 109 cm³/mol. The van der Waals surface area contributed by atoms with Crippen LogP contribution in [0.3, 0.4) is 0 Å². The summed E-state index contributed by atoms with van der Waals surface area (Å²) in [7, 11) is 0. The van der Waals surface area contributed by atoms with Crippen LogP contribution in [0.1, 0.15) is 24.0 Å². The van der Waals surface area contributed by atoms with Gasteiger partial charge < -0.3 is 4.90 Å². The van der Waals surface area contributed by atoms with Gasteiger partial charge in [0.25, 0.3) is 5.69 Å². The minimum atomic E-state index is -0.368. The van der Waals surface area contributed by atoms with Gasteiger partial charge in [-0.25, -0.2) is 0 Å². The zero-order valence-corrected chi connectivity index (χ0v) is 15.8. The summed E-state index contributed by atoms with van der Waals surface area (Å²) in [5.74, 6) is 1.27. The molecule has 1 aromatic heterocycles. The van der Waals surface area contributed by atoms with Crippen molar-refractivity contribution in [2.45, 2.75) is 25.8 Å². The molecule has 2 heterocycles. The summed E-state index contributed by atoms with van der Waals surface area (Å²) in [6.45, 7) is 1.25. The van der Waals surface area contributed by atoms with E-state index in [1.807, 2.05) is 30.3 Å². The molecule has 0 spiro atoms. The summed E-state index contributed by atoms with van der Waals surface area (Å²) in [6, 6.07) is 12.7. The van der Waals surface area contributed by atoms with Crippen LogP contribution in [0.2, 0.25) is 0 Å². The number of non-ortho nitro benzene ring substituents is 1. The van der Waals surface area contributed by atoms with Crippen LogP contribution >= 0.6 is 0 Å². The van der Waals surface area contributed by atoms with E-state index in [1.165, 1.54) is 4.68 Å². The third-order valence-electron chi connectivity index (χ3n) is 5.73. The molecule has 1 fully saturated rings. The Labute approximate surface area is 166 Å². The molecule has 2 N–H and O–H groups in total. The zero-order valence-electron chi connectivity index (χ0n) is 15.8. The number of aromatic nitrogens is 2. The maximum Gasteiger partial charge on any atom is 0.269 e. The number of benzene rings is 2. The molecule has 0 amide bonds. The van der Waals surface area contributed by atoms with Gasteiger partial charge in [0.1, 0.15) is 5.84 Å². The predicted octanol–water partition coefficient (Wildman–Crippen LogP) is 3.22. The summed E-state index contributed by atoms with van der Waals surface area (Å²) >= 11 is 0. The molecule has 146 valence electrons. The zero-order chi connectivity index (χ0) is 20.1. The summed E-state index contributed by atoms with van der Waals surface area (Å²) in [6.07, 6.45) is 2.71. The summed E-state index contributed by atoms with van der Waals surface area (Å²) in [5, 5.41) is 34.5. The van der Waals surface area contributed by atoms with Crippen LogP contribution in [-0.2, 0) is 13.0 Å². The van der Waals surface area contributed by atoms with E-state index in [2.05, 4.69) is 4.90 Å². The highest BCUT2D eigenvalue weighted by atomic mass is 16.6. The number of rotatable bonds is 3. The summed E-state index contributed by atoms with van der Waals surface area (Å²) < 4.78 is 1.46. The molecule has 0 unspecified atom stereocenters. The molecule has 0 bridgehead atoms. The minimum absolute atomic E-state index is 0.0931. The van der Waals surface area contributed by atoms with Gasteiger partial charge in [0.05, 0.1) is 4.92 Å². The van der Waals surface area contributed by atoms with Crippen LogP contribution in [-0.4, -0.2) is 27.1 Å². The lowest BCUT2D eigenvalue weighted by Gasteiger charge is -2.31. The molecule has 1 saturated carbocycles. The molecule has 2 aromatic carbocycles. The molecule has 29 heavy (non-hydrogen) atoms. The molecule has 2 aliphatic rings. The average Bonchev–Trinajstić information content (AvgIpc) is 3.58. The fraction of sp³-hybridized carbons (Fsp3) is 0.286. The largest absolute Gasteiger partial charge is 0.350 e. The van der Waals surface area contributed by atoms with Crippen molar-refractivity contribution in [1.82, 2.24) is 9.78 Å². The first-order valence-corrected chi connectivity index (χ1v) is 9.69. The Kier molecular flexibility index (Phi) is 3.94. The van der Waals surface area contributed by atoms with Gasteiger partial charge in [0.15, 0.2) is 11.3 Å². The maximum atomic E-state index is 11.2. The lowest BCUT2D eigenvalue weighted by atomic mass is 9.98. The van der Waals surface area contributed by atoms with Crippen molar-refractivity contribution in [1.29, 1.82) is 10.8 Å². The van der Waals surface area contributed by atoms with E-state index < -0.39 is 0 Å². The molecule has 5 rings (SSSR count). The fourth-order valence-corrected chi connectivity index (χ4v) is 3.97. The van der Waals surface area contributed by atoms with Crippen molar-refractivity contribution >= 4 is 28.1 Å². The highest BCUT2D eigenvalue weighted by molar-refractivity contribution is 5.94. The van der Waals surface area contributed by atoms with E-state index in [0.717, 1.165) is 53.5 Å². The number of hydrogen-bond donors (Lipinski definition) is 2. The van der Waals surface area contributed by atoms with Gasteiger partial charge in [-0.3, -0.25) is 20.9 Å². The molecule has 8 nitrogen and oxygen atoms in total. The van der Waals surface area contributed by atoms with Gasteiger partial charge in [-0.1, -0.05) is 30.3 Å². The van der Waals surface area contributed by atoms with Crippen LogP contribution in [0.15, 0.2) is 42.5 Å². The van der Waals surface area contributed by atoms with E-state index in [-0.39, 0.29) is 22.0 Å². The first-order valence-electron chi connectivity index (χ1n) is 9.69. The number of nitrogens with zero attached hydrogens (tertiary/aromatic N) is 4. The first-order chi connectivity index (χ1) is 14.0. The molecule has 1 aliphatic heterocycles. The Morgan fingerprint density at radius 1 is 1.14 bits per heavy atom. The van der Waals surface area contributed by atoms with Crippen LogP contribution < -0.4 is 10.4 Å². The molecular formula is C21H20N6O2. The van der Waals surface area contributed by atoms with Crippen molar-refractivity contribution in [2.75, 3.05) is 11.4 Å². The topological polar surface area (TPSA) is 112 Å². The molecule has 0 saturated heterocycles. The van der Waals surface area contributed by atoms with Crippen LogP contribution in [0.25, 0.3) is 10.8 Å². The fourth-order valence-electron chi connectivity index (χ4n) is 3.97. The number of hydrogen-bond acceptors (Lipinski definition) is 6. The Morgan fingerprint density at radius 3 is 2.62 bits per heavy atom. The SMILES string of the molecule is N=C(C1CC1)n1nc(N2CCc3ccc([N+](=O)[O-])cc3C2)c2ccccc2c1=N. The molecule has 3 aromatic rings. The van der Waals surface area contributed by atoms with Gasteiger partial charge in [0, 0.05) is 41.9 Å². The third-order valence-corrected chi connectivity index (χ3v) is 5.73. The van der Waals surface area contributed by atoms with Gasteiger partial charge in [-0.15, -0.1) is 5.10 Å². The molecule has 0 radical (unpaired) electrons. The van der Waals surface area contributed by atoms with E-state index >= 15 is 0 Å². The third kappa shape index (κ3) is 2.97. The second-order valence-corrected chi connectivity index (χ2v) is 7.67. The van der Waals surface area contributed by atoms with Gasteiger partial charge in [0.2, 0.25) is 0 Å². The Bertz CT molecular complexity index is 1230. The summed E-state index contributed by atoms with van der Waals surface area (Å²) in [4.78, 5) is 12.9. The standard InChI is InChI=1S/C21H20N6O2/c22-19(14-5-6-14)26-20(23)17-3-1-2-4-18(17)21(24-26)25-10-9-13-7-8-16(27(28)29)11-15(13)12-25/h1-4,7-8,11,14,22-23H,5-6,9-10,12H2. The van der Waals surface area contributed by atoms with Crippen molar-refractivity contribution in [3.63, 3.8) is 0 Å². The molecule has 1 aliphatic carbocycles. The Hall–Kier alpha value is -3.55. The maximum absolute atomic E-state index is 11.2. The smallest absolute Gasteiger partial charge is 0.269 e. The lowest BCUT2D eigenvalue weighted by Crippen LogP contribution is -2.36. The second kappa shape index (κ2) is 6.51. The number of nitrogens with one attached hydrogen (secondary N) is 2. The van der Waals surface area contributed by atoms with E-state index in [4.69, 9.17) is 15.9 Å². The number of nitro benzene ring substituents is 1. The van der Waals surface area contributed by atoms with Gasteiger partial charge in [-0.05, 0) is 30.4 Å². The quantitative estimate of drug-likeness (QED) is 0.310. The highest BCUT2D eigenvalue weighted by Gasteiger charge is 2.30. The first kappa shape index (κ1) is 17.5. The van der Waals surface area contributed by atoms with E-state index in [1.54, 1.807) is 12.1 Å². The van der Waals surface area contributed by atoms with Crippen LogP contribution in [0.5, 0.6) is 0 Å². The number of fused-ring (bicyclic) bond motifs is 2. The van der Waals surface area contributed by atoms with E-state index in [0.29, 0.717) is 12.4 Å². The Balaban J connectivity index is 1.62.